The third kappa shape index (κ3) is 4.98. The number of carbonyl (C=O) groups is 1. The number of nitrogens with one attached hydrogen (secondary N) is 1. The molecule has 0 aliphatic rings. The molecule has 0 unspecified atom stereocenters. The smallest absolute Gasteiger partial charge is 0.407 e. The van der Waals surface area contributed by atoms with Gasteiger partial charge in [0.15, 0.2) is 0 Å². The largest absolute Gasteiger partial charge is 0.472 e. The third-order valence-corrected chi connectivity index (χ3v) is 2.65. The molecule has 0 aliphatic carbocycles. The van der Waals surface area contributed by atoms with Crippen molar-refractivity contribution in [1.82, 2.24) is 10.5 Å². The molecule has 23 heavy (non-hydrogen) atoms. The maximum absolute atomic E-state index is 14.1. The summed E-state index contributed by atoms with van der Waals surface area (Å²) in [5, 5.41) is 6.05. The lowest BCUT2D eigenvalue weighted by Crippen LogP contribution is -2.34. The van der Waals surface area contributed by atoms with Crippen molar-refractivity contribution in [3.05, 3.63) is 36.1 Å². The lowest BCUT2D eigenvalue weighted by molar-refractivity contribution is 0.0519. The van der Waals surface area contributed by atoms with E-state index in [1.807, 2.05) is 6.07 Å². The monoisotopic (exact) mass is 322 g/mol. The molecule has 2 rings (SSSR count). The van der Waals surface area contributed by atoms with Gasteiger partial charge < -0.3 is 19.3 Å². The van der Waals surface area contributed by atoms with Gasteiger partial charge in [-0.15, -0.1) is 0 Å². The minimum absolute atomic E-state index is 0.0145. The average molecular weight is 322 g/mol. The second-order valence-corrected chi connectivity index (χ2v) is 5.77. The molecular formula is C16H19FN2O4. The Morgan fingerprint density at radius 1 is 1.30 bits per heavy atom. The fraction of sp³-hybridized carbons (Fsp3) is 0.375. The molecule has 2 aromatic rings. The predicted octanol–water partition coefficient (Wildman–Crippen LogP) is 3.38. The molecule has 7 heteroatoms. The quantitative estimate of drug-likeness (QED) is 0.854. The van der Waals surface area contributed by atoms with E-state index in [1.54, 1.807) is 45.0 Å². The van der Waals surface area contributed by atoms with Gasteiger partial charge in [0, 0.05) is 5.56 Å². The predicted molar refractivity (Wildman–Crippen MR) is 81.6 cm³/mol. The summed E-state index contributed by atoms with van der Waals surface area (Å²) in [6, 6.07) is 8.76. The number of halogens is 1. The molecule has 0 saturated carbocycles. The van der Waals surface area contributed by atoms with Gasteiger partial charge >= 0.3 is 6.09 Å². The lowest BCUT2D eigenvalue weighted by Gasteiger charge is -2.19. The van der Waals surface area contributed by atoms with Gasteiger partial charge in [-0.05, 0) is 25.9 Å². The third-order valence-electron chi connectivity index (χ3n) is 2.65. The van der Waals surface area contributed by atoms with E-state index < -0.39 is 17.5 Å². The first-order chi connectivity index (χ1) is 10.9. The van der Waals surface area contributed by atoms with Gasteiger partial charge in [-0.1, -0.05) is 30.3 Å². The molecular weight excluding hydrogens is 303 g/mol. The maximum atomic E-state index is 14.1. The van der Waals surface area contributed by atoms with Crippen LogP contribution in [0.25, 0.3) is 11.3 Å². The molecule has 1 aromatic heterocycles. The zero-order chi connectivity index (χ0) is 16.9. The van der Waals surface area contributed by atoms with Crippen molar-refractivity contribution in [2.45, 2.75) is 26.4 Å². The van der Waals surface area contributed by atoms with Crippen molar-refractivity contribution in [1.29, 1.82) is 0 Å². The Morgan fingerprint density at radius 3 is 2.65 bits per heavy atom. The van der Waals surface area contributed by atoms with Crippen LogP contribution in [-0.2, 0) is 4.74 Å². The molecule has 1 aromatic carbocycles. The summed E-state index contributed by atoms with van der Waals surface area (Å²) in [6.07, 6.45) is -0.563. The van der Waals surface area contributed by atoms with Crippen molar-refractivity contribution in [2.75, 3.05) is 13.2 Å². The number of alkyl carbamates (subject to hydrolysis) is 1. The SMILES string of the molecule is CC(C)(C)OC(=O)NCCOc1noc(-c2ccccc2)c1F. The van der Waals surface area contributed by atoms with E-state index in [9.17, 15) is 9.18 Å². The Hall–Kier alpha value is -2.57. The van der Waals surface area contributed by atoms with Crippen LogP contribution in [0.15, 0.2) is 34.9 Å². The van der Waals surface area contributed by atoms with E-state index in [-0.39, 0.29) is 24.8 Å². The molecule has 1 amide bonds. The summed E-state index contributed by atoms with van der Waals surface area (Å²) in [5.41, 5.74) is -0.00692. The number of amides is 1. The average Bonchev–Trinajstić information content (AvgIpc) is 2.84. The highest BCUT2D eigenvalue weighted by atomic mass is 19.1. The molecule has 124 valence electrons. The molecule has 0 aliphatic heterocycles. The zero-order valence-corrected chi connectivity index (χ0v) is 13.3. The van der Waals surface area contributed by atoms with Gasteiger partial charge in [0.2, 0.25) is 11.6 Å². The first-order valence-electron chi connectivity index (χ1n) is 7.17. The summed E-state index contributed by atoms with van der Waals surface area (Å²) in [6.45, 7) is 5.48. The first kappa shape index (κ1) is 16.8. The first-order valence-corrected chi connectivity index (χ1v) is 7.17. The van der Waals surface area contributed by atoms with Crippen LogP contribution < -0.4 is 10.1 Å². The number of aromatic nitrogens is 1. The fourth-order valence-corrected chi connectivity index (χ4v) is 1.74. The molecule has 1 N–H and O–H groups in total. The minimum atomic E-state index is -0.673. The van der Waals surface area contributed by atoms with E-state index in [1.165, 1.54) is 0 Å². The fourth-order valence-electron chi connectivity index (χ4n) is 1.74. The van der Waals surface area contributed by atoms with Crippen molar-refractivity contribution >= 4 is 6.09 Å². The summed E-state index contributed by atoms with van der Waals surface area (Å²) in [5.74, 6) is -0.899. The van der Waals surface area contributed by atoms with Crippen LogP contribution in [-0.4, -0.2) is 30.0 Å². The summed E-state index contributed by atoms with van der Waals surface area (Å²) in [7, 11) is 0. The standard InChI is InChI=1S/C16H19FN2O4/c1-16(2,3)22-15(20)18-9-10-21-14-12(17)13(23-19-14)11-7-5-4-6-8-11/h4-8H,9-10H2,1-3H3,(H,18,20). The van der Waals surface area contributed by atoms with Crippen LogP contribution in [0.4, 0.5) is 9.18 Å². The second kappa shape index (κ2) is 7.13. The summed E-state index contributed by atoms with van der Waals surface area (Å²) < 4.78 is 29.3. The van der Waals surface area contributed by atoms with Crippen molar-refractivity contribution in [3.8, 4) is 17.2 Å². The van der Waals surface area contributed by atoms with Gasteiger partial charge in [0.1, 0.15) is 12.2 Å². The van der Waals surface area contributed by atoms with E-state index in [2.05, 4.69) is 10.5 Å². The number of carbonyl (C=O) groups excluding carboxylic acids is 1. The normalized spacial score (nSPS) is 11.1. The van der Waals surface area contributed by atoms with E-state index >= 15 is 0 Å². The van der Waals surface area contributed by atoms with E-state index in [0.717, 1.165) is 0 Å². The van der Waals surface area contributed by atoms with Crippen LogP contribution in [0.1, 0.15) is 20.8 Å². The molecule has 0 fully saturated rings. The van der Waals surface area contributed by atoms with Gasteiger partial charge in [-0.2, -0.15) is 4.39 Å². The molecule has 0 bridgehead atoms. The van der Waals surface area contributed by atoms with E-state index in [0.29, 0.717) is 5.56 Å². The Bertz CT molecular complexity index is 650. The molecule has 6 nitrogen and oxygen atoms in total. The Kier molecular flexibility index (Phi) is 5.20. The molecule has 0 saturated heterocycles. The molecule has 0 radical (unpaired) electrons. The van der Waals surface area contributed by atoms with Crippen molar-refractivity contribution in [3.63, 3.8) is 0 Å². The van der Waals surface area contributed by atoms with Gasteiger partial charge in [-0.3, -0.25) is 0 Å². The highest BCUT2D eigenvalue weighted by Crippen LogP contribution is 2.28. The van der Waals surface area contributed by atoms with Crippen molar-refractivity contribution in [2.24, 2.45) is 0 Å². The number of hydrogen-bond acceptors (Lipinski definition) is 5. The van der Waals surface area contributed by atoms with Crippen molar-refractivity contribution < 1.29 is 23.2 Å². The van der Waals surface area contributed by atoms with Gasteiger partial charge in [0.05, 0.1) is 6.54 Å². The summed E-state index contributed by atoms with van der Waals surface area (Å²) >= 11 is 0. The number of benzene rings is 1. The Morgan fingerprint density at radius 2 is 2.00 bits per heavy atom. The number of hydrogen-bond donors (Lipinski definition) is 1. The van der Waals surface area contributed by atoms with Crippen LogP contribution >= 0.6 is 0 Å². The van der Waals surface area contributed by atoms with Crippen LogP contribution in [0.5, 0.6) is 5.88 Å². The second-order valence-electron chi connectivity index (χ2n) is 5.77. The topological polar surface area (TPSA) is 73.6 Å². The van der Waals surface area contributed by atoms with Gasteiger partial charge in [-0.25, -0.2) is 4.79 Å². The molecule has 0 spiro atoms. The number of ether oxygens (including phenoxy) is 2. The zero-order valence-electron chi connectivity index (χ0n) is 13.3. The molecule has 1 heterocycles. The van der Waals surface area contributed by atoms with Gasteiger partial charge in [0.25, 0.3) is 5.88 Å². The Labute approximate surface area is 133 Å². The van der Waals surface area contributed by atoms with Crippen LogP contribution in [0, 0.1) is 5.82 Å². The van der Waals surface area contributed by atoms with Crippen LogP contribution in [0.3, 0.4) is 0 Å². The molecule has 0 atom stereocenters. The van der Waals surface area contributed by atoms with E-state index in [4.69, 9.17) is 14.0 Å². The minimum Gasteiger partial charge on any atom is -0.472 e. The highest BCUT2D eigenvalue weighted by molar-refractivity contribution is 5.67. The maximum Gasteiger partial charge on any atom is 0.407 e. The lowest BCUT2D eigenvalue weighted by atomic mass is 10.2. The van der Waals surface area contributed by atoms with Crippen LogP contribution in [0.2, 0.25) is 0 Å². The number of rotatable bonds is 5. The Balaban J connectivity index is 1.83. The number of nitrogens with zero attached hydrogens (tertiary/aromatic N) is 1. The highest BCUT2D eigenvalue weighted by Gasteiger charge is 2.19. The summed E-state index contributed by atoms with van der Waals surface area (Å²) in [4.78, 5) is 11.4.